The number of amides is 4. The molecule has 1 saturated heterocycles. The van der Waals surface area contributed by atoms with Crippen molar-refractivity contribution in [2.75, 3.05) is 18.8 Å². The number of carboxylic acid groups (broad SMARTS) is 1. The van der Waals surface area contributed by atoms with Gasteiger partial charge >= 0.3 is 16.3 Å². The summed E-state index contributed by atoms with van der Waals surface area (Å²) >= 11 is 7.80. The van der Waals surface area contributed by atoms with Gasteiger partial charge in [-0.2, -0.15) is 13.5 Å². The van der Waals surface area contributed by atoms with Crippen molar-refractivity contribution < 1.29 is 57.1 Å². The molecule has 0 aliphatic carbocycles. The molecule has 2 atom stereocenters. The van der Waals surface area contributed by atoms with Crippen LogP contribution in [0.1, 0.15) is 46.0 Å². The van der Waals surface area contributed by atoms with E-state index in [2.05, 4.69) is 36.2 Å². The van der Waals surface area contributed by atoms with Gasteiger partial charge in [-0.15, -0.1) is 22.7 Å². The Hall–Kier alpha value is -5.89. The number of hydrogen-bond acceptors (Lipinski definition) is 17. The second-order valence-corrected chi connectivity index (χ2v) is 15.8. The lowest BCUT2D eigenvalue weighted by atomic mass is 9.98. The summed E-state index contributed by atoms with van der Waals surface area (Å²) in [6.07, 6.45) is 4.84. The van der Waals surface area contributed by atoms with E-state index in [9.17, 15) is 52.3 Å². The van der Waals surface area contributed by atoms with Crippen LogP contribution < -0.4 is 21.7 Å². The Kier molecular flexibility index (Phi) is 12.1. The molecule has 298 valence electrons. The zero-order valence-corrected chi connectivity index (χ0v) is 32.1. The number of thiazole rings is 2. The van der Waals surface area contributed by atoms with Crippen molar-refractivity contribution in [3.8, 4) is 22.1 Å². The first-order valence-electron chi connectivity index (χ1n) is 15.9. The van der Waals surface area contributed by atoms with Crippen molar-refractivity contribution in [3.05, 3.63) is 57.3 Å². The summed E-state index contributed by atoms with van der Waals surface area (Å²) in [4.78, 5) is 76.4. The predicted molar refractivity (Wildman–Crippen MR) is 197 cm³/mol. The number of aromatic hydroxyl groups is 2. The zero-order valence-electron chi connectivity index (χ0n) is 28.9. The number of aliphatic carboxylic acids is 1. The van der Waals surface area contributed by atoms with E-state index in [0.29, 0.717) is 23.5 Å². The maximum atomic E-state index is 13.3. The highest BCUT2D eigenvalue weighted by Crippen LogP contribution is 2.35. The number of benzene rings is 1. The minimum atomic E-state index is -5.14. The Morgan fingerprint density at radius 3 is 2.54 bits per heavy atom. The van der Waals surface area contributed by atoms with Gasteiger partial charge in [0.1, 0.15) is 21.6 Å². The summed E-state index contributed by atoms with van der Waals surface area (Å²) in [6, 6.07) is -0.713. The van der Waals surface area contributed by atoms with E-state index >= 15 is 0 Å². The molecule has 1 aliphatic heterocycles. The molecule has 9 N–H and O–H groups in total. The maximum absolute atomic E-state index is 13.3. The number of β-lactam (4-membered cyclic amide) rings is 1. The molecular formula is C30H31ClN10O12S3. The smallest absolute Gasteiger partial charge is 0.362 e. The van der Waals surface area contributed by atoms with Crippen LogP contribution in [0.5, 0.6) is 11.5 Å². The quantitative estimate of drug-likeness (QED) is 0.0189. The molecule has 4 amide bonds. The monoisotopic (exact) mass is 854 g/mol. The van der Waals surface area contributed by atoms with Gasteiger partial charge in [0.15, 0.2) is 22.3 Å². The van der Waals surface area contributed by atoms with E-state index in [1.54, 1.807) is 10.9 Å². The SMILES string of the molecule is CC(C)(O/N=C(\C(=O)N[C@@H]1C(=O)N(S(=O)(=O)O)[C@@H]1CNC(=O)c1cnc(-c2cnn(CCCNC(=O)c3ccc(O)c(O)c3Cl)c2)s1)c1csc(N)n1)C(=O)O. The second kappa shape index (κ2) is 16.5. The Balaban J connectivity index is 1.19. The normalized spacial score (nSPS) is 15.9. The first-order valence-corrected chi connectivity index (χ1v) is 19.3. The number of aryl methyl sites for hydroxylation is 1. The van der Waals surface area contributed by atoms with Crippen molar-refractivity contribution in [3.63, 3.8) is 0 Å². The van der Waals surface area contributed by atoms with Crippen molar-refractivity contribution in [1.82, 2.24) is 40.0 Å². The molecule has 5 rings (SSSR count). The molecule has 0 unspecified atom stereocenters. The number of halogens is 1. The number of carboxylic acids is 1. The lowest BCUT2D eigenvalue weighted by molar-refractivity contribution is -0.161. The Labute approximate surface area is 328 Å². The minimum Gasteiger partial charge on any atom is -0.504 e. The average Bonchev–Trinajstić information content (AvgIpc) is 3.90. The number of oxime groups is 1. The van der Waals surface area contributed by atoms with Gasteiger partial charge in [0.25, 0.3) is 23.6 Å². The van der Waals surface area contributed by atoms with Gasteiger partial charge in [0.05, 0.1) is 29.0 Å². The van der Waals surface area contributed by atoms with Crippen LogP contribution in [-0.2, 0) is 36.1 Å². The first-order chi connectivity index (χ1) is 26.3. The fourth-order valence-electron chi connectivity index (χ4n) is 4.83. The molecule has 0 spiro atoms. The fourth-order valence-corrected chi connectivity index (χ4v) is 7.31. The third kappa shape index (κ3) is 9.14. The summed E-state index contributed by atoms with van der Waals surface area (Å²) < 4.78 is 35.4. The number of carbonyl (C=O) groups is 5. The van der Waals surface area contributed by atoms with Gasteiger partial charge in [0.2, 0.25) is 5.60 Å². The van der Waals surface area contributed by atoms with Gasteiger partial charge in [0, 0.05) is 36.8 Å². The van der Waals surface area contributed by atoms with Gasteiger partial charge in [-0.1, -0.05) is 16.8 Å². The number of aromatic nitrogens is 4. The van der Waals surface area contributed by atoms with Crippen LogP contribution >= 0.6 is 34.3 Å². The van der Waals surface area contributed by atoms with E-state index < -0.39 is 81.3 Å². The molecule has 56 heavy (non-hydrogen) atoms. The number of nitrogens with two attached hydrogens (primary N) is 1. The van der Waals surface area contributed by atoms with E-state index in [1.165, 1.54) is 23.8 Å². The summed E-state index contributed by atoms with van der Waals surface area (Å²) in [5.74, 6) is -6.16. The molecule has 1 fully saturated rings. The number of nitrogens with zero attached hydrogens (tertiary/aromatic N) is 6. The molecule has 0 bridgehead atoms. The number of hydrogen-bond donors (Lipinski definition) is 8. The van der Waals surface area contributed by atoms with E-state index in [0.717, 1.165) is 42.6 Å². The Morgan fingerprint density at radius 2 is 1.88 bits per heavy atom. The molecular weight excluding hydrogens is 824 g/mol. The average molecular weight is 855 g/mol. The van der Waals surface area contributed by atoms with E-state index in [1.807, 2.05) is 0 Å². The number of nitrogen functional groups attached to an aromatic ring is 1. The molecule has 1 aromatic carbocycles. The zero-order chi connectivity index (χ0) is 41.1. The van der Waals surface area contributed by atoms with E-state index in [4.69, 9.17) is 22.2 Å². The number of carbonyl (C=O) groups excluding carboxylic acids is 4. The van der Waals surface area contributed by atoms with Gasteiger partial charge in [-0.3, -0.25) is 28.4 Å². The number of rotatable bonds is 16. The molecule has 0 radical (unpaired) electrons. The summed E-state index contributed by atoms with van der Waals surface area (Å²) in [6.45, 7) is 2.32. The van der Waals surface area contributed by atoms with Crippen molar-refractivity contribution in [2.24, 2.45) is 5.16 Å². The molecule has 3 aromatic heterocycles. The molecule has 22 nitrogen and oxygen atoms in total. The van der Waals surface area contributed by atoms with Crippen molar-refractivity contribution >= 4 is 85.0 Å². The topological polar surface area (TPSA) is 331 Å². The van der Waals surface area contributed by atoms with Crippen LogP contribution in [0.2, 0.25) is 5.02 Å². The highest BCUT2D eigenvalue weighted by molar-refractivity contribution is 7.84. The van der Waals surface area contributed by atoms with Crippen LogP contribution in [0, 0.1) is 0 Å². The molecule has 4 heterocycles. The van der Waals surface area contributed by atoms with Gasteiger partial charge < -0.3 is 41.8 Å². The first kappa shape index (κ1) is 41.3. The maximum Gasteiger partial charge on any atom is 0.362 e. The van der Waals surface area contributed by atoms with E-state index in [-0.39, 0.29) is 37.1 Å². The van der Waals surface area contributed by atoms with Crippen LogP contribution in [0.3, 0.4) is 0 Å². The van der Waals surface area contributed by atoms with Gasteiger partial charge in [-0.25, -0.2) is 19.1 Å². The molecule has 0 saturated carbocycles. The fraction of sp³-hybridized carbons (Fsp3) is 0.300. The number of nitrogens with one attached hydrogen (secondary N) is 3. The Morgan fingerprint density at radius 1 is 1.14 bits per heavy atom. The number of phenolic OH excluding ortho intramolecular Hbond substituents is 2. The third-order valence-electron chi connectivity index (χ3n) is 7.83. The molecule has 4 aromatic rings. The van der Waals surface area contributed by atoms with Crippen LogP contribution in [0.15, 0.2) is 41.3 Å². The van der Waals surface area contributed by atoms with Crippen LogP contribution in [0.4, 0.5) is 5.13 Å². The molecule has 26 heteroatoms. The predicted octanol–water partition coefficient (Wildman–Crippen LogP) is 0.442. The highest BCUT2D eigenvalue weighted by atomic mass is 35.5. The molecule has 1 aliphatic rings. The largest absolute Gasteiger partial charge is 0.504 e. The lowest BCUT2D eigenvalue weighted by Crippen LogP contribution is -2.74. The van der Waals surface area contributed by atoms with Crippen LogP contribution in [-0.4, -0.2) is 118 Å². The van der Waals surface area contributed by atoms with Gasteiger partial charge in [-0.05, 0) is 32.4 Å². The van der Waals surface area contributed by atoms with Crippen LogP contribution in [0.25, 0.3) is 10.6 Å². The summed E-state index contributed by atoms with van der Waals surface area (Å²) in [5, 5.41) is 45.3. The Bertz CT molecular complexity index is 2340. The summed E-state index contributed by atoms with van der Waals surface area (Å²) in [7, 11) is -5.14. The summed E-state index contributed by atoms with van der Waals surface area (Å²) in [5.41, 5.74) is 3.55. The second-order valence-electron chi connectivity index (χ2n) is 12.2. The number of anilines is 1. The number of phenols is 2. The van der Waals surface area contributed by atoms with Crippen molar-refractivity contribution in [2.45, 2.75) is 44.5 Å². The minimum absolute atomic E-state index is 0.0107. The standard InChI is InChI=1S/C30H31ClN10O12S3/c1-30(2,28(48)49)53-39-20(15-12-54-29(32)37-15)25(46)38-21-16(41(27(21)47)56(50,51)52)9-34-24(45)18-10-35-26(55-18)13-8-36-40(11-13)7-3-6-33-23(44)14-4-5-17(42)22(43)19(14)31/h4-5,8,10-12,16,21,42-43H,3,6-7,9H2,1-2H3,(H2,32,37)(H,33,44)(H,34,45)(H,38,46)(H,48,49)(H,50,51,52)/b39-20-/t16-,21+/m1/s1. The third-order valence-corrected chi connectivity index (χ3v) is 10.9. The van der Waals surface area contributed by atoms with Crippen molar-refractivity contribution in [1.29, 1.82) is 0 Å². The highest BCUT2D eigenvalue weighted by Gasteiger charge is 2.54. The lowest BCUT2D eigenvalue weighted by Gasteiger charge is -2.44.